The van der Waals surface area contributed by atoms with Crippen LogP contribution in [0, 0.1) is 0 Å². The van der Waals surface area contributed by atoms with Gasteiger partial charge in [0.2, 0.25) is 0 Å². The van der Waals surface area contributed by atoms with Gasteiger partial charge >= 0.3 is 0 Å². The molecule has 1 aromatic carbocycles. The monoisotopic (exact) mass is 250 g/mol. The molecule has 2 rings (SSSR count). The average molecular weight is 250 g/mol. The summed E-state index contributed by atoms with van der Waals surface area (Å²) in [5.74, 6) is 0. The van der Waals surface area contributed by atoms with E-state index in [0.29, 0.717) is 6.54 Å². The number of aliphatic hydroxyl groups is 1. The van der Waals surface area contributed by atoms with Crippen molar-refractivity contribution in [3.05, 3.63) is 24.3 Å². The van der Waals surface area contributed by atoms with Crippen LogP contribution in [0.3, 0.4) is 0 Å². The molecule has 0 aliphatic rings. The number of hydrogen-bond acceptors (Lipinski definition) is 4. The van der Waals surface area contributed by atoms with Gasteiger partial charge in [-0.15, -0.1) is 0 Å². The van der Waals surface area contributed by atoms with Gasteiger partial charge in [-0.3, -0.25) is 0 Å². The maximum absolute atomic E-state index is 9.11. The second-order valence-electron chi connectivity index (χ2n) is 4.03. The van der Waals surface area contributed by atoms with Crippen LogP contribution < -0.4 is 4.90 Å². The fraction of sp³-hybridized carbons (Fsp3) is 0.462. The Bertz CT molecular complexity index is 436. The highest BCUT2D eigenvalue weighted by Crippen LogP contribution is 2.28. The zero-order valence-electron chi connectivity index (χ0n) is 10.1. The highest BCUT2D eigenvalue weighted by molar-refractivity contribution is 7.22. The Morgan fingerprint density at radius 3 is 2.82 bits per heavy atom. The molecule has 3 nitrogen and oxygen atoms in total. The van der Waals surface area contributed by atoms with Crippen LogP contribution in [0.2, 0.25) is 0 Å². The zero-order valence-corrected chi connectivity index (χ0v) is 10.9. The molecule has 2 aromatic rings. The van der Waals surface area contributed by atoms with E-state index >= 15 is 0 Å². The first kappa shape index (κ1) is 12.3. The van der Waals surface area contributed by atoms with Crippen molar-refractivity contribution in [1.82, 2.24) is 4.98 Å². The highest BCUT2D eigenvalue weighted by Gasteiger charge is 2.10. The van der Waals surface area contributed by atoms with E-state index < -0.39 is 0 Å². The topological polar surface area (TPSA) is 36.4 Å². The largest absolute Gasteiger partial charge is 0.395 e. The van der Waals surface area contributed by atoms with Crippen molar-refractivity contribution in [2.45, 2.75) is 19.8 Å². The molecular formula is C13H18N2OS. The lowest BCUT2D eigenvalue weighted by molar-refractivity contribution is 0.301. The van der Waals surface area contributed by atoms with Crippen LogP contribution in [-0.4, -0.2) is 29.8 Å². The smallest absolute Gasteiger partial charge is 0.186 e. The average Bonchev–Trinajstić information content (AvgIpc) is 2.78. The molecule has 0 aliphatic carbocycles. The number of aliphatic hydroxyl groups excluding tert-OH is 1. The Labute approximate surface area is 106 Å². The first-order chi connectivity index (χ1) is 8.35. The van der Waals surface area contributed by atoms with Crippen molar-refractivity contribution in [1.29, 1.82) is 0 Å². The maximum atomic E-state index is 9.11. The summed E-state index contributed by atoms with van der Waals surface area (Å²) < 4.78 is 1.21. The number of benzene rings is 1. The van der Waals surface area contributed by atoms with Gasteiger partial charge in [-0.05, 0) is 18.6 Å². The number of aromatic nitrogens is 1. The normalized spacial score (nSPS) is 10.9. The number of rotatable bonds is 6. The Morgan fingerprint density at radius 1 is 1.29 bits per heavy atom. The molecule has 92 valence electrons. The van der Waals surface area contributed by atoms with Gasteiger partial charge in [0.1, 0.15) is 0 Å². The Kier molecular flexibility index (Phi) is 4.34. The van der Waals surface area contributed by atoms with Gasteiger partial charge in [-0.2, -0.15) is 0 Å². The van der Waals surface area contributed by atoms with Crippen LogP contribution in [0.25, 0.3) is 10.2 Å². The number of fused-ring (bicyclic) bond motifs is 1. The van der Waals surface area contributed by atoms with E-state index in [2.05, 4.69) is 22.9 Å². The summed E-state index contributed by atoms with van der Waals surface area (Å²) in [6.07, 6.45) is 2.29. The van der Waals surface area contributed by atoms with E-state index in [1.54, 1.807) is 11.3 Å². The first-order valence-electron chi connectivity index (χ1n) is 6.06. The van der Waals surface area contributed by atoms with Crippen molar-refractivity contribution >= 4 is 26.7 Å². The zero-order chi connectivity index (χ0) is 12.1. The standard InChI is InChI=1S/C13H18N2OS/c1-2-3-8-15(9-10-16)13-14-11-6-4-5-7-12(11)17-13/h4-7,16H,2-3,8-10H2,1H3. The molecule has 0 saturated carbocycles. The molecule has 0 amide bonds. The molecule has 0 saturated heterocycles. The summed E-state index contributed by atoms with van der Waals surface area (Å²) >= 11 is 1.70. The SMILES string of the molecule is CCCCN(CCO)c1nc2ccccc2s1. The second-order valence-corrected chi connectivity index (χ2v) is 5.04. The van der Waals surface area contributed by atoms with Gasteiger partial charge < -0.3 is 10.0 Å². The molecule has 0 spiro atoms. The number of thiazole rings is 1. The molecular weight excluding hydrogens is 232 g/mol. The van der Waals surface area contributed by atoms with Crippen molar-refractivity contribution < 1.29 is 5.11 Å². The first-order valence-corrected chi connectivity index (χ1v) is 6.88. The summed E-state index contributed by atoms with van der Waals surface area (Å²) in [5.41, 5.74) is 1.05. The molecule has 1 N–H and O–H groups in total. The fourth-order valence-electron chi connectivity index (χ4n) is 1.77. The molecule has 0 aliphatic heterocycles. The minimum Gasteiger partial charge on any atom is -0.395 e. The van der Waals surface area contributed by atoms with Crippen molar-refractivity contribution in [2.24, 2.45) is 0 Å². The van der Waals surface area contributed by atoms with Crippen LogP contribution in [0.1, 0.15) is 19.8 Å². The Balaban J connectivity index is 2.21. The van der Waals surface area contributed by atoms with Gasteiger partial charge in [0.15, 0.2) is 5.13 Å². The van der Waals surface area contributed by atoms with Crippen molar-refractivity contribution in [3.8, 4) is 0 Å². The van der Waals surface area contributed by atoms with E-state index in [1.165, 1.54) is 4.70 Å². The maximum Gasteiger partial charge on any atom is 0.186 e. The molecule has 0 radical (unpaired) electrons. The van der Waals surface area contributed by atoms with E-state index in [0.717, 1.165) is 30.0 Å². The third kappa shape index (κ3) is 2.96. The number of nitrogens with zero attached hydrogens (tertiary/aromatic N) is 2. The van der Waals surface area contributed by atoms with Crippen molar-refractivity contribution in [2.75, 3.05) is 24.6 Å². The predicted octanol–water partition coefficient (Wildman–Crippen LogP) is 2.90. The number of para-hydroxylation sites is 1. The van der Waals surface area contributed by atoms with Crippen molar-refractivity contribution in [3.63, 3.8) is 0 Å². The number of unbranched alkanes of at least 4 members (excludes halogenated alkanes) is 1. The molecule has 1 heterocycles. The quantitative estimate of drug-likeness (QED) is 0.856. The minimum absolute atomic E-state index is 0.180. The third-order valence-electron chi connectivity index (χ3n) is 2.70. The number of anilines is 1. The van der Waals surface area contributed by atoms with Gasteiger partial charge in [-0.25, -0.2) is 4.98 Å². The third-order valence-corrected chi connectivity index (χ3v) is 3.80. The number of hydrogen-bond donors (Lipinski definition) is 1. The van der Waals surface area contributed by atoms with Gasteiger partial charge in [0, 0.05) is 13.1 Å². The van der Waals surface area contributed by atoms with Crippen LogP contribution in [0.15, 0.2) is 24.3 Å². The Morgan fingerprint density at radius 2 is 2.12 bits per heavy atom. The molecule has 0 unspecified atom stereocenters. The highest BCUT2D eigenvalue weighted by atomic mass is 32.1. The van der Waals surface area contributed by atoms with E-state index in [4.69, 9.17) is 5.11 Å². The van der Waals surface area contributed by atoms with Crippen LogP contribution in [0.4, 0.5) is 5.13 Å². The second kappa shape index (κ2) is 5.98. The minimum atomic E-state index is 0.180. The molecule has 1 aromatic heterocycles. The fourth-order valence-corrected chi connectivity index (χ4v) is 2.79. The lowest BCUT2D eigenvalue weighted by Crippen LogP contribution is -2.27. The molecule has 0 atom stereocenters. The summed E-state index contributed by atoms with van der Waals surface area (Å²) in [5, 5.41) is 10.1. The molecule has 0 bridgehead atoms. The molecule has 0 fully saturated rings. The predicted molar refractivity (Wildman–Crippen MR) is 73.8 cm³/mol. The molecule has 17 heavy (non-hydrogen) atoms. The summed E-state index contributed by atoms with van der Waals surface area (Å²) in [6.45, 7) is 3.99. The van der Waals surface area contributed by atoms with Crippen LogP contribution >= 0.6 is 11.3 Å². The van der Waals surface area contributed by atoms with E-state index in [9.17, 15) is 0 Å². The van der Waals surface area contributed by atoms with E-state index in [-0.39, 0.29) is 6.61 Å². The van der Waals surface area contributed by atoms with Crippen LogP contribution in [0.5, 0.6) is 0 Å². The summed E-state index contributed by atoms with van der Waals surface area (Å²) in [4.78, 5) is 6.79. The summed E-state index contributed by atoms with van der Waals surface area (Å²) in [7, 11) is 0. The van der Waals surface area contributed by atoms with Gasteiger partial charge in [0.25, 0.3) is 0 Å². The lowest BCUT2D eigenvalue weighted by Gasteiger charge is -2.20. The van der Waals surface area contributed by atoms with Gasteiger partial charge in [-0.1, -0.05) is 36.8 Å². The summed E-state index contributed by atoms with van der Waals surface area (Å²) in [6, 6.07) is 8.17. The molecule has 4 heteroatoms. The van der Waals surface area contributed by atoms with E-state index in [1.807, 2.05) is 18.2 Å². The lowest BCUT2D eigenvalue weighted by atomic mass is 10.3. The van der Waals surface area contributed by atoms with Gasteiger partial charge in [0.05, 0.1) is 16.8 Å². The Hall–Kier alpha value is -1.13. The van der Waals surface area contributed by atoms with Crippen LogP contribution in [-0.2, 0) is 0 Å².